The molecular formula is C88H86B2N2. The largest absolute Gasteiger partial charge is 0.311 e. The quantitative estimate of drug-likeness (QED) is 0.0995. The molecule has 12 aromatic carbocycles. The van der Waals surface area contributed by atoms with E-state index in [0.29, 0.717) is 11.8 Å². The third kappa shape index (κ3) is 8.20. The lowest BCUT2D eigenvalue weighted by atomic mass is 9.31. The molecule has 4 aliphatic rings. The number of rotatable bonds is 10. The van der Waals surface area contributed by atoms with E-state index in [1.807, 2.05) is 0 Å². The van der Waals surface area contributed by atoms with E-state index < -0.39 is 0 Å². The van der Waals surface area contributed by atoms with Crippen LogP contribution in [-0.2, 0) is 0 Å². The summed E-state index contributed by atoms with van der Waals surface area (Å²) in [7, 11) is 0. The summed E-state index contributed by atoms with van der Waals surface area (Å²) in [6, 6.07) is 64.4. The van der Waals surface area contributed by atoms with Crippen molar-refractivity contribution in [2.75, 3.05) is 9.80 Å². The van der Waals surface area contributed by atoms with E-state index in [2.05, 4.69) is 292 Å². The molecule has 4 heterocycles. The molecule has 4 heteroatoms. The van der Waals surface area contributed by atoms with Gasteiger partial charge in [-0.3, -0.25) is 0 Å². The maximum Gasteiger partial charge on any atom is 0.248 e. The van der Waals surface area contributed by atoms with Crippen molar-refractivity contribution in [2.45, 2.75) is 160 Å². The van der Waals surface area contributed by atoms with Crippen LogP contribution in [0.4, 0.5) is 34.1 Å². The standard InChI is InChI=1S/C88H86B2N2/c1-45(2)57-37-61(47(5)6)79(62(38-57)48(7)8)67-41-65-59-25-23-31-77-85(59)90(72-28-20-22-30-76(72)91(77)87-53(15)33-51(13)34-54(87)16)74-44-70-68(80-63(49(9)10)39-58(46(3)4)40-64(80)50(11)12)42-66-60-26-24-32-78-86(60)89(73-43-69(67)83(81(65)74)84(70)82(66)73)71-27-19-21-29-75(71)92(78)88-55(17)35-52(14)36-56(88)18/h19-50H,1-18H3. The first-order valence-electron chi connectivity index (χ1n) is 34.6. The number of anilines is 6. The van der Waals surface area contributed by atoms with Gasteiger partial charge in [-0.15, -0.1) is 0 Å². The van der Waals surface area contributed by atoms with Gasteiger partial charge < -0.3 is 9.80 Å². The second-order valence-electron chi connectivity index (χ2n) is 30.2. The van der Waals surface area contributed by atoms with Crippen molar-refractivity contribution < 1.29 is 0 Å². The average molecular weight is 1190 g/mol. The summed E-state index contributed by atoms with van der Waals surface area (Å²) in [4.78, 5) is 5.28. The number of para-hydroxylation sites is 2. The van der Waals surface area contributed by atoms with Crippen LogP contribution in [0.2, 0.25) is 0 Å². The van der Waals surface area contributed by atoms with Crippen molar-refractivity contribution in [1.29, 1.82) is 0 Å². The zero-order valence-electron chi connectivity index (χ0n) is 57.5. The first-order valence-corrected chi connectivity index (χ1v) is 34.6. The van der Waals surface area contributed by atoms with Gasteiger partial charge in [0.2, 0.25) is 13.4 Å². The van der Waals surface area contributed by atoms with Crippen LogP contribution in [0.15, 0.2) is 158 Å². The van der Waals surface area contributed by atoms with Crippen molar-refractivity contribution in [3.8, 4) is 44.5 Å². The molecule has 92 heavy (non-hydrogen) atoms. The van der Waals surface area contributed by atoms with Crippen molar-refractivity contribution in [3.05, 3.63) is 224 Å². The van der Waals surface area contributed by atoms with Crippen molar-refractivity contribution in [1.82, 2.24) is 0 Å². The number of aryl methyl sites for hydroxylation is 6. The predicted octanol–water partition coefficient (Wildman–Crippen LogP) is 21.1. The van der Waals surface area contributed by atoms with E-state index in [-0.39, 0.29) is 37.1 Å². The zero-order chi connectivity index (χ0) is 64.1. The highest BCUT2D eigenvalue weighted by atomic mass is 15.2. The van der Waals surface area contributed by atoms with E-state index in [1.165, 1.54) is 210 Å². The lowest BCUT2D eigenvalue weighted by Crippen LogP contribution is -2.60. The molecule has 0 fully saturated rings. The molecule has 0 unspecified atom stereocenters. The molecule has 0 amide bonds. The average Bonchev–Trinajstić information content (AvgIpc) is 0.665. The van der Waals surface area contributed by atoms with E-state index >= 15 is 0 Å². The molecule has 454 valence electrons. The van der Waals surface area contributed by atoms with Gasteiger partial charge in [0.15, 0.2) is 0 Å². The minimum Gasteiger partial charge on any atom is -0.311 e. The molecule has 0 bridgehead atoms. The van der Waals surface area contributed by atoms with E-state index in [0.717, 1.165) is 0 Å². The normalized spacial score (nSPS) is 13.6. The van der Waals surface area contributed by atoms with Gasteiger partial charge in [-0.05, 0) is 268 Å². The second-order valence-corrected chi connectivity index (χ2v) is 30.2. The minimum atomic E-state index is -0.0297. The minimum absolute atomic E-state index is 0.0297. The molecule has 0 saturated carbocycles. The fourth-order valence-electron chi connectivity index (χ4n) is 18.3. The monoisotopic (exact) mass is 1190 g/mol. The molecular weight excluding hydrogens is 1110 g/mol. The first kappa shape index (κ1) is 58.5. The Morgan fingerprint density at radius 1 is 0.283 bits per heavy atom. The van der Waals surface area contributed by atoms with Gasteiger partial charge in [0.05, 0.1) is 11.4 Å². The highest BCUT2D eigenvalue weighted by molar-refractivity contribution is 7.02. The van der Waals surface area contributed by atoms with Gasteiger partial charge in [-0.2, -0.15) is 0 Å². The van der Waals surface area contributed by atoms with Gasteiger partial charge in [-0.25, -0.2) is 0 Å². The summed E-state index contributed by atoms with van der Waals surface area (Å²) in [5.41, 5.74) is 43.3. The third-order valence-electron chi connectivity index (χ3n) is 22.1. The summed E-state index contributed by atoms with van der Waals surface area (Å²) >= 11 is 0. The molecule has 0 saturated heterocycles. The molecule has 0 radical (unpaired) electrons. The summed E-state index contributed by atoms with van der Waals surface area (Å²) in [6.07, 6.45) is 0. The van der Waals surface area contributed by atoms with Crippen LogP contribution in [0.1, 0.15) is 185 Å². The predicted molar refractivity (Wildman–Crippen MR) is 404 cm³/mol. The highest BCUT2D eigenvalue weighted by Gasteiger charge is 2.46. The smallest absolute Gasteiger partial charge is 0.248 e. The zero-order valence-corrected chi connectivity index (χ0v) is 57.5. The number of benzene rings is 12. The molecule has 2 nitrogen and oxygen atoms in total. The molecule has 0 spiro atoms. The number of fused-ring (bicyclic) bond motifs is 8. The number of hydrogen-bond acceptors (Lipinski definition) is 2. The SMILES string of the molecule is Cc1cc(C)c(N2c3ccccc3B3c4c(cccc42)-c2cc(-c4c(C(C)C)cc(C(C)C)cc4C(C)C)c4cc5c6c(cc(-c7c(C(C)C)cc(C(C)C)cc7C(C)C)c7cc3c2c4c76)-c2cccc3c2B5c2ccccc2N3c2c(C)cc(C)cc2C)c(C)c1. The Morgan fingerprint density at radius 2 is 0.609 bits per heavy atom. The topological polar surface area (TPSA) is 6.48 Å². The van der Waals surface area contributed by atoms with Crippen LogP contribution in [-0.4, -0.2) is 13.4 Å². The lowest BCUT2D eigenvalue weighted by Gasteiger charge is -2.43. The maximum absolute atomic E-state index is 2.77. The van der Waals surface area contributed by atoms with Gasteiger partial charge >= 0.3 is 0 Å². The third-order valence-corrected chi connectivity index (χ3v) is 22.1. The first-order chi connectivity index (χ1) is 44.1. The Bertz CT molecular complexity index is 4740. The van der Waals surface area contributed by atoms with Gasteiger partial charge in [0.25, 0.3) is 0 Å². The van der Waals surface area contributed by atoms with Crippen LogP contribution < -0.4 is 42.6 Å². The van der Waals surface area contributed by atoms with Crippen LogP contribution in [0.3, 0.4) is 0 Å². The molecule has 12 aromatic rings. The van der Waals surface area contributed by atoms with Gasteiger partial charge in [0, 0.05) is 22.7 Å². The summed E-state index contributed by atoms with van der Waals surface area (Å²) in [5.74, 6) is 1.89. The molecule has 0 aromatic heterocycles. The van der Waals surface area contributed by atoms with E-state index in [9.17, 15) is 0 Å². The Kier molecular flexibility index (Phi) is 13.3. The molecule has 4 aliphatic heterocycles. The fraction of sp³-hybridized carbons (Fsp3) is 0.273. The molecule has 0 atom stereocenters. The van der Waals surface area contributed by atoms with Crippen LogP contribution in [0.25, 0.3) is 76.8 Å². The van der Waals surface area contributed by atoms with Crippen LogP contribution in [0.5, 0.6) is 0 Å². The summed E-state index contributed by atoms with van der Waals surface area (Å²) < 4.78 is 0. The Morgan fingerprint density at radius 3 is 0.935 bits per heavy atom. The van der Waals surface area contributed by atoms with Gasteiger partial charge in [0.1, 0.15) is 0 Å². The summed E-state index contributed by atoms with van der Waals surface area (Å²) in [5, 5.41) is 8.38. The van der Waals surface area contributed by atoms with Crippen molar-refractivity contribution in [3.63, 3.8) is 0 Å². The van der Waals surface area contributed by atoms with Gasteiger partial charge in [-0.1, -0.05) is 226 Å². The highest BCUT2D eigenvalue weighted by Crippen LogP contribution is 2.55. The van der Waals surface area contributed by atoms with Crippen LogP contribution >= 0.6 is 0 Å². The van der Waals surface area contributed by atoms with E-state index in [1.54, 1.807) is 0 Å². The Hall–Kier alpha value is -8.59. The number of nitrogens with zero attached hydrogens (tertiary/aromatic N) is 2. The number of hydrogen-bond donors (Lipinski definition) is 0. The molecule has 0 N–H and O–H groups in total. The Labute approximate surface area is 548 Å². The summed E-state index contributed by atoms with van der Waals surface area (Å²) in [6.45, 7) is 42.7. The molecule has 0 aliphatic carbocycles. The van der Waals surface area contributed by atoms with Crippen molar-refractivity contribution >= 4 is 113 Å². The maximum atomic E-state index is 2.77. The van der Waals surface area contributed by atoms with Crippen LogP contribution in [0, 0.1) is 41.5 Å². The Balaban J connectivity index is 1.16. The second kappa shape index (κ2) is 21.0. The van der Waals surface area contributed by atoms with Crippen molar-refractivity contribution in [2.24, 2.45) is 0 Å². The lowest BCUT2D eigenvalue weighted by molar-refractivity contribution is 0.807. The van der Waals surface area contributed by atoms with E-state index in [4.69, 9.17) is 0 Å². The molecule has 16 rings (SSSR count). The fourth-order valence-corrected chi connectivity index (χ4v) is 18.3.